The molecule has 0 fully saturated rings. The summed E-state index contributed by atoms with van der Waals surface area (Å²) >= 11 is 0. The van der Waals surface area contributed by atoms with Crippen LogP contribution in [0.2, 0.25) is 0 Å². The van der Waals surface area contributed by atoms with Gasteiger partial charge in [0.1, 0.15) is 0 Å². The van der Waals surface area contributed by atoms with E-state index in [0.717, 1.165) is 16.8 Å². The van der Waals surface area contributed by atoms with Crippen LogP contribution in [0.15, 0.2) is 35.9 Å². The van der Waals surface area contributed by atoms with Crippen molar-refractivity contribution in [3.63, 3.8) is 0 Å². The number of anilines is 1. The van der Waals surface area contributed by atoms with E-state index >= 15 is 0 Å². The molecule has 3 nitrogen and oxygen atoms in total. The molecule has 1 aromatic carbocycles. The van der Waals surface area contributed by atoms with Gasteiger partial charge in [0.2, 0.25) is 0 Å². The molecule has 1 amide bonds. The molecule has 0 heterocycles. The van der Waals surface area contributed by atoms with E-state index in [-0.39, 0.29) is 5.91 Å². The third-order valence-electron chi connectivity index (χ3n) is 1.77. The summed E-state index contributed by atoms with van der Waals surface area (Å²) in [6.45, 7) is 5.77. The second-order valence-electron chi connectivity index (χ2n) is 3.71. The average molecular weight is 204 g/mol. The number of carbonyl (C=O) groups excluding carboxylic acids is 1. The molecule has 0 bridgehead atoms. The van der Waals surface area contributed by atoms with Gasteiger partial charge in [-0.2, -0.15) is 0 Å². The lowest BCUT2D eigenvalue weighted by molar-refractivity contribution is -0.116. The fourth-order valence-electron chi connectivity index (χ4n) is 1.15. The van der Waals surface area contributed by atoms with Gasteiger partial charge >= 0.3 is 0 Å². The molecule has 0 saturated heterocycles. The Balaban J connectivity index is 2.51. The van der Waals surface area contributed by atoms with Gasteiger partial charge in [0.25, 0.3) is 5.91 Å². The zero-order valence-corrected chi connectivity index (χ0v) is 9.29. The highest BCUT2D eigenvalue weighted by atomic mass is 16.2. The van der Waals surface area contributed by atoms with E-state index < -0.39 is 0 Å². The number of rotatable bonds is 3. The quantitative estimate of drug-likeness (QED) is 0.586. The van der Waals surface area contributed by atoms with E-state index in [4.69, 9.17) is 0 Å². The maximum Gasteiger partial charge on any atom is 0.262 e. The Bertz CT molecular complexity index is 379. The first-order valence-corrected chi connectivity index (χ1v) is 4.85. The number of benzene rings is 1. The molecule has 80 valence electrons. The zero-order valence-electron chi connectivity index (χ0n) is 9.29. The van der Waals surface area contributed by atoms with Crippen LogP contribution in [0.5, 0.6) is 0 Å². The van der Waals surface area contributed by atoms with Gasteiger partial charge in [-0.05, 0) is 38.5 Å². The number of hydrogen-bond donors (Lipinski definition) is 2. The Morgan fingerprint density at radius 3 is 2.67 bits per heavy atom. The number of allylic oxidation sites excluding steroid dienone is 1. The summed E-state index contributed by atoms with van der Waals surface area (Å²) in [6.07, 6.45) is 1.54. The van der Waals surface area contributed by atoms with Gasteiger partial charge in [-0.3, -0.25) is 15.6 Å². The van der Waals surface area contributed by atoms with Gasteiger partial charge in [0.15, 0.2) is 0 Å². The van der Waals surface area contributed by atoms with Crippen molar-refractivity contribution in [3.05, 3.63) is 41.5 Å². The summed E-state index contributed by atoms with van der Waals surface area (Å²) in [4.78, 5) is 11.3. The SMILES string of the molecule is CC(C)=CC(=O)NNc1cccc(C)c1. The highest BCUT2D eigenvalue weighted by Gasteiger charge is 1.95. The van der Waals surface area contributed by atoms with Crippen molar-refractivity contribution < 1.29 is 4.79 Å². The van der Waals surface area contributed by atoms with Crippen LogP contribution in [0.4, 0.5) is 5.69 Å². The molecular formula is C12H16N2O. The van der Waals surface area contributed by atoms with Gasteiger partial charge < -0.3 is 0 Å². The number of carbonyl (C=O) groups is 1. The number of amides is 1. The Labute approximate surface area is 90.2 Å². The third-order valence-corrected chi connectivity index (χ3v) is 1.77. The Hall–Kier alpha value is -1.77. The van der Waals surface area contributed by atoms with Crippen molar-refractivity contribution in [2.24, 2.45) is 0 Å². The van der Waals surface area contributed by atoms with Crippen molar-refractivity contribution in [2.75, 3.05) is 5.43 Å². The highest BCUT2D eigenvalue weighted by molar-refractivity contribution is 5.88. The molecule has 0 radical (unpaired) electrons. The second kappa shape index (κ2) is 5.20. The normalized spacial score (nSPS) is 9.27. The summed E-state index contributed by atoms with van der Waals surface area (Å²) in [6, 6.07) is 7.80. The van der Waals surface area contributed by atoms with E-state index in [2.05, 4.69) is 10.9 Å². The molecule has 1 aromatic rings. The fraction of sp³-hybridized carbons (Fsp3) is 0.250. The first-order chi connectivity index (χ1) is 7.08. The van der Waals surface area contributed by atoms with Gasteiger partial charge in [-0.25, -0.2) is 0 Å². The molecule has 0 aliphatic heterocycles. The second-order valence-corrected chi connectivity index (χ2v) is 3.71. The summed E-state index contributed by atoms with van der Waals surface area (Å²) in [5, 5.41) is 0. The van der Waals surface area contributed by atoms with Crippen molar-refractivity contribution in [2.45, 2.75) is 20.8 Å². The summed E-state index contributed by atoms with van der Waals surface area (Å²) in [5.74, 6) is -0.142. The monoisotopic (exact) mass is 204 g/mol. The maximum absolute atomic E-state index is 11.3. The first-order valence-electron chi connectivity index (χ1n) is 4.85. The lowest BCUT2D eigenvalue weighted by atomic mass is 10.2. The maximum atomic E-state index is 11.3. The van der Waals surface area contributed by atoms with Gasteiger partial charge in [-0.1, -0.05) is 17.7 Å². The van der Waals surface area contributed by atoms with Crippen molar-refractivity contribution in [1.29, 1.82) is 0 Å². The Morgan fingerprint density at radius 2 is 2.07 bits per heavy atom. The van der Waals surface area contributed by atoms with Crippen molar-refractivity contribution >= 4 is 11.6 Å². The molecule has 0 spiro atoms. The van der Waals surface area contributed by atoms with Crippen LogP contribution in [0.3, 0.4) is 0 Å². The molecular weight excluding hydrogens is 188 g/mol. The van der Waals surface area contributed by atoms with E-state index in [1.807, 2.05) is 45.0 Å². The van der Waals surface area contributed by atoms with Crippen LogP contribution < -0.4 is 10.9 Å². The molecule has 2 N–H and O–H groups in total. The molecule has 0 aliphatic carbocycles. The Kier molecular flexibility index (Phi) is 3.92. The van der Waals surface area contributed by atoms with Crippen LogP contribution in [-0.4, -0.2) is 5.91 Å². The minimum Gasteiger partial charge on any atom is -0.298 e. The van der Waals surface area contributed by atoms with Gasteiger partial charge in [-0.15, -0.1) is 0 Å². The molecule has 0 aliphatic rings. The number of nitrogens with one attached hydrogen (secondary N) is 2. The lowest BCUT2D eigenvalue weighted by Gasteiger charge is -2.07. The molecule has 0 aromatic heterocycles. The van der Waals surface area contributed by atoms with Crippen LogP contribution in [0, 0.1) is 6.92 Å². The third kappa shape index (κ3) is 4.31. The van der Waals surface area contributed by atoms with Crippen LogP contribution in [0.25, 0.3) is 0 Å². The van der Waals surface area contributed by atoms with Crippen molar-refractivity contribution in [3.8, 4) is 0 Å². The summed E-state index contributed by atoms with van der Waals surface area (Å²) in [5.41, 5.74) is 8.44. The molecule has 1 rings (SSSR count). The van der Waals surface area contributed by atoms with Crippen LogP contribution >= 0.6 is 0 Å². The minimum atomic E-state index is -0.142. The summed E-state index contributed by atoms with van der Waals surface area (Å²) < 4.78 is 0. The number of hydrazine groups is 1. The molecule has 0 unspecified atom stereocenters. The topological polar surface area (TPSA) is 41.1 Å². The van der Waals surface area contributed by atoms with E-state index in [9.17, 15) is 4.79 Å². The number of aryl methyl sites for hydroxylation is 1. The smallest absolute Gasteiger partial charge is 0.262 e. The first kappa shape index (κ1) is 11.3. The largest absolute Gasteiger partial charge is 0.298 e. The van der Waals surface area contributed by atoms with Crippen LogP contribution in [0.1, 0.15) is 19.4 Å². The Morgan fingerprint density at radius 1 is 1.33 bits per heavy atom. The minimum absolute atomic E-state index is 0.142. The molecule has 15 heavy (non-hydrogen) atoms. The molecule has 3 heteroatoms. The highest BCUT2D eigenvalue weighted by Crippen LogP contribution is 2.07. The van der Waals surface area contributed by atoms with Gasteiger partial charge in [0, 0.05) is 6.08 Å². The predicted molar refractivity (Wildman–Crippen MR) is 62.4 cm³/mol. The average Bonchev–Trinajstić information content (AvgIpc) is 2.14. The van der Waals surface area contributed by atoms with E-state index in [0.29, 0.717) is 0 Å². The molecule has 0 atom stereocenters. The molecule has 0 saturated carbocycles. The standard InChI is InChI=1S/C12H16N2O/c1-9(2)7-12(15)14-13-11-6-4-5-10(3)8-11/h4-8,13H,1-3H3,(H,14,15). The number of hydrogen-bond acceptors (Lipinski definition) is 2. The van der Waals surface area contributed by atoms with E-state index in [1.54, 1.807) is 6.08 Å². The predicted octanol–water partition coefficient (Wildman–Crippen LogP) is 2.40. The lowest BCUT2D eigenvalue weighted by Crippen LogP contribution is -2.27. The van der Waals surface area contributed by atoms with Crippen LogP contribution in [-0.2, 0) is 4.79 Å². The zero-order chi connectivity index (χ0) is 11.3. The van der Waals surface area contributed by atoms with Crippen molar-refractivity contribution in [1.82, 2.24) is 5.43 Å². The fourth-order valence-corrected chi connectivity index (χ4v) is 1.15. The van der Waals surface area contributed by atoms with Gasteiger partial charge in [0.05, 0.1) is 5.69 Å². The van der Waals surface area contributed by atoms with E-state index in [1.165, 1.54) is 0 Å². The summed E-state index contributed by atoms with van der Waals surface area (Å²) in [7, 11) is 0.